The van der Waals surface area contributed by atoms with E-state index in [4.69, 9.17) is 22.1 Å². The molecule has 6 nitrogen and oxygen atoms in total. The number of halogens is 1. The Balaban J connectivity index is 2.27. The zero-order chi connectivity index (χ0) is 15.6. The summed E-state index contributed by atoms with van der Waals surface area (Å²) in [6.07, 6.45) is 0. The van der Waals surface area contributed by atoms with Gasteiger partial charge in [-0.05, 0) is 25.1 Å². The minimum absolute atomic E-state index is 0.0247. The molecule has 1 unspecified atom stereocenters. The Bertz CT molecular complexity index is 642. The van der Waals surface area contributed by atoms with Crippen molar-refractivity contribution >= 4 is 33.0 Å². The third-order valence-corrected chi connectivity index (χ3v) is 5.92. The molecule has 0 aromatic heterocycles. The Labute approximate surface area is 128 Å². The first-order chi connectivity index (χ1) is 9.84. The molecule has 1 fully saturated rings. The van der Waals surface area contributed by atoms with Gasteiger partial charge in [-0.15, -0.1) is 0 Å². The van der Waals surface area contributed by atoms with Crippen molar-refractivity contribution in [1.29, 1.82) is 0 Å². The number of carbonyl (C=O) groups excluding carboxylic acids is 1. The molecule has 0 aliphatic carbocycles. The van der Waals surface area contributed by atoms with Gasteiger partial charge < -0.3 is 15.4 Å². The monoisotopic (exact) mass is 332 g/mol. The van der Waals surface area contributed by atoms with E-state index < -0.39 is 21.0 Å². The SMILES string of the molecule is CC(C(=O)N1CCOCC1)S(=O)(=O)c1ccc(N)cc1Cl. The largest absolute Gasteiger partial charge is 0.399 e. The molecule has 0 radical (unpaired) electrons. The minimum Gasteiger partial charge on any atom is -0.399 e. The number of hydrogen-bond acceptors (Lipinski definition) is 5. The fourth-order valence-electron chi connectivity index (χ4n) is 2.11. The van der Waals surface area contributed by atoms with Gasteiger partial charge in [0.25, 0.3) is 0 Å². The number of nitrogens with two attached hydrogens (primary N) is 1. The van der Waals surface area contributed by atoms with Gasteiger partial charge in [-0.3, -0.25) is 4.79 Å². The topological polar surface area (TPSA) is 89.7 Å². The van der Waals surface area contributed by atoms with Crippen molar-refractivity contribution in [3.63, 3.8) is 0 Å². The van der Waals surface area contributed by atoms with Crippen LogP contribution in [0.2, 0.25) is 5.02 Å². The van der Waals surface area contributed by atoms with Gasteiger partial charge in [0.2, 0.25) is 5.91 Å². The molecular formula is C13H17ClN2O4S. The Kier molecular flexibility index (Phi) is 4.75. The van der Waals surface area contributed by atoms with Crippen LogP contribution in [0, 0.1) is 0 Å². The predicted octanol–water partition coefficient (Wildman–Crippen LogP) is 0.943. The lowest BCUT2D eigenvalue weighted by atomic mass is 10.3. The fraction of sp³-hybridized carbons (Fsp3) is 0.462. The summed E-state index contributed by atoms with van der Waals surface area (Å²) in [5.41, 5.74) is 5.92. The van der Waals surface area contributed by atoms with E-state index >= 15 is 0 Å². The van der Waals surface area contributed by atoms with Crippen LogP contribution >= 0.6 is 11.6 Å². The highest BCUT2D eigenvalue weighted by Crippen LogP contribution is 2.27. The van der Waals surface area contributed by atoms with E-state index in [0.717, 1.165) is 0 Å². The second kappa shape index (κ2) is 6.21. The molecule has 0 bridgehead atoms. The molecule has 1 atom stereocenters. The molecule has 1 aliphatic rings. The number of nitrogens with zero attached hydrogens (tertiary/aromatic N) is 1. The highest BCUT2D eigenvalue weighted by Gasteiger charge is 2.34. The average molecular weight is 333 g/mol. The van der Waals surface area contributed by atoms with Crippen LogP contribution in [-0.2, 0) is 19.4 Å². The van der Waals surface area contributed by atoms with Crippen LogP contribution in [-0.4, -0.2) is 50.8 Å². The van der Waals surface area contributed by atoms with Crippen LogP contribution in [0.15, 0.2) is 23.1 Å². The highest BCUT2D eigenvalue weighted by atomic mass is 35.5. The zero-order valence-electron chi connectivity index (χ0n) is 11.6. The van der Waals surface area contributed by atoms with Gasteiger partial charge in [-0.2, -0.15) is 0 Å². The van der Waals surface area contributed by atoms with Crippen LogP contribution in [0.3, 0.4) is 0 Å². The third kappa shape index (κ3) is 3.30. The standard InChI is InChI=1S/C13H17ClN2O4S/c1-9(13(17)16-4-6-20-7-5-16)21(18,19)12-3-2-10(15)8-11(12)14/h2-3,8-9H,4-7,15H2,1H3. The Morgan fingerprint density at radius 2 is 2.00 bits per heavy atom. The molecule has 1 aromatic carbocycles. The van der Waals surface area contributed by atoms with Crippen molar-refractivity contribution < 1.29 is 17.9 Å². The van der Waals surface area contributed by atoms with Gasteiger partial charge in [-0.1, -0.05) is 11.6 Å². The Morgan fingerprint density at radius 1 is 1.38 bits per heavy atom. The second-order valence-corrected chi connectivity index (χ2v) is 7.46. The summed E-state index contributed by atoms with van der Waals surface area (Å²) in [5.74, 6) is -0.439. The first-order valence-corrected chi connectivity index (χ1v) is 8.42. The lowest BCUT2D eigenvalue weighted by Gasteiger charge is -2.29. The molecule has 1 saturated heterocycles. The summed E-state index contributed by atoms with van der Waals surface area (Å²) in [4.78, 5) is 13.7. The van der Waals surface area contributed by atoms with Crippen LogP contribution in [0.25, 0.3) is 0 Å². The van der Waals surface area contributed by atoms with Crippen LogP contribution in [0.4, 0.5) is 5.69 Å². The first-order valence-electron chi connectivity index (χ1n) is 6.49. The van der Waals surface area contributed by atoms with E-state index in [9.17, 15) is 13.2 Å². The number of amides is 1. The number of carbonyl (C=O) groups is 1. The average Bonchev–Trinajstić information content (AvgIpc) is 2.46. The maximum absolute atomic E-state index is 12.5. The maximum atomic E-state index is 12.5. The van der Waals surface area contributed by atoms with E-state index in [-0.39, 0.29) is 9.92 Å². The van der Waals surface area contributed by atoms with Gasteiger partial charge in [0, 0.05) is 18.8 Å². The van der Waals surface area contributed by atoms with Crippen LogP contribution < -0.4 is 5.73 Å². The number of ether oxygens (including phenoxy) is 1. The molecule has 2 rings (SSSR count). The summed E-state index contributed by atoms with van der Waals surface area (Å²) in [6, 6.07) is 4.14. The number of hydrogen-bond donors (Lipinski definition) is 1. The van der Waals surface area contributed by atoms with E-state index in [1.807, 2.05) is 0 Å². The van der Waals surface area contributed by atoms with E-state index in [0.29, 0.717) is 32.0 Å². The first kappa shape index (κ1) is 16.1. The van der Waals surface area contributed by atoms with Crippen LogP contribution in [0.5, 0.6) is 0 Å². The molecule has 0 spiro atoms. The smallest absolute Gasteiger partial charge is 0.241 e. The molecule has 21 heavy (non-hydrogen) atoms. The van der Waals surface area contributed by atoms with Crippen LogP contribution in [0.1, 0.15) is 6.92 Å². The number of morpholine rings is 1. The summed E-state index contributed by atoms with van der Waals surface area (Å²) in [6.45, 7) is 3.00. The van der Waals surface area contributed by atoms with E-state index in [1.165, 1.54) is 30.0 Å². The molecule has 116 valence electrons. The molecule has 1 heterocycles. The van der Waals surface area contributed by atoms with Gasteiger partial charge in [0.05, 0.1) is 23.1 Å². The molecule has 1 aliphatic heterocycles. The fourth-order valence-corrected chi connectivity index (χ4v) is 4.01. The van der Waals surface area contributed by atoms with Gasteiger partial charge in [-0.25, -0.2) is 8.42 Å². The summed E-state index contributed by atoms with van der Waals surface area (Å²) < 4.78 is 30.2. The third-order valence-electron chi connectivity index (χ3n) is 3.40. The molecule has 0 saturated carbocycles. The molecule has 1 amide bonds. The number of rotatable bonds is 3. The van der Waals surface area contributed by atoms with Gasteiger partial charge in [0.1, 0.15) is 5.25 Å². The molecular weight excluding hydrogens is 316 g/mol. The predicted molar refractivity (Wildman–Crippen MR) is 79.9 cm³/mol. The Morgan fingerprint density at radius 3 is 2.57 bits per heavy atom. The summed E-state index contributed by atoms with van der Waals surface area (Å²) in [5, 5.41) is -1.17. The number of benzene rings is 1. The highest BCUT2D eigenvalue weighted by molar-refractivity contribution is 7.92. The summed E-state index contributed by atoms with van der Waals surface area (Å²) in [7, 11) is -3.85. The van der Waals surface area contributed by atoms with Gasteiger partial charge in [0.15, 0.2) is 9.84 Å². The maximum Gasteiger partial charge on any atom is 0.241 e. The second-order valence-electron chi connectivity index (χ2n) is 4.81. The van der Waals surface area contributed by atoms with E-state index in [1.54, 1.807) is 0 Å². The number of anilines is 1. The lowest BCUT2D eigenvalue weighted by molar-refractivity contribution is -0.134. The molecule has 1 aromatic rings. The normalized spacial score (nSPS) is 17.5. The van der Waals surface area contributed by atoms with Crippen molar-refractivity contribution in [1.82, 2.24) is 4.90 Å². The molecule has 8 heteroatoms. The minimum atomic E-state index is -3.85. The number of nitrogen functional groups attached to an aromatic ring is 1. The Hall–Kier alpha value is -1.31. The molecule has 2 N–H and O–H groups in total. The summed E-state index contributed by atoms with van der Waals surface area (Å²) >= 11 is 5.94. The van der Waals surface area contributed by atoms with Crippen molar-refractivity contribution in [2.75, 3.05) is 32.0 Å². The van der Waals surface area contributed by atoms with Gasteiger partial charge >= 0.3 is 0 Å². The zero-order valence-corrected chi connectivity index (χ0v) is 13.2. The van der Waals surface area contributed by atoms with Crippen molar-refractivity contribution in [3.8, 4) is 0 Å². The quantitative estimate of drug-likeness (QED) is 0.832. The van der Waals surface area contributed by atoms with Crippen molar-refractivity contribution in [2.45, 2.75) is 17.1 Å². The van der Waals surface area contributed by atoms with E-state index in [2.05, 4.69) is 0 Å². The number of sulfone groups is 1. The van der Waals surface area contributed by atoms with Crippen molar-refractivity contribution in [2.24, 2.45) is 0 Å². The van der Waals surface area contributed by atoms with Crippen molar-refractivity contribution in [3.05, 3.63) is 23.2 Å². The lowest BCUT2D eigenvalue weighted by Crippen LogP contribution is -2.47.